The highest BCUT2D eigenvalue weighted by Gasteiger charge is 2.21. The largest absolute Gasteiger partial charge is 0.606 e. The maximum Gasteiger partial charge on any atom is 0.244 e. The van der Waals surface area contributed by atoms with Crippen LogP contribution in [0.3, 0.4) is 0 Å². The van der Waals surface area contributed by atoms with Gasteiger partial charge in [0.15, 0.2) is 15.6 Å². The number of hydrogen-bond donors (Lipinski definition) is 1. The maximum atomic E-state index is 12.6. The molecule has 0 aliphatic rings. The number of imide groups is 1. The van der Waals surface area contributed by atoms with Crippen LogP contribution in [-0.2, 0) is 20.8 Å². The lowest BCUT2D eigenvalue weighted by molar-refractivity contribution is -0.124. The van der Waals surface area contributed by atoms with Gasteiger partial charge in [0.1, 0.15) is 0 Å². The Morgan fingerprint density at radius 3 is 2.04 bits per heavy atom. The standard InChI is InChI=1S/C19H17N5O3S/c1-12(25)24(13(2)26)19-22-17(21-18(20)23-19)14-8-10-16(11-9-14)28(27)15-6-4-3-5-7-15/h3-11H,1-2H3,(H2,20,21,22,23). The minimum absolute atomic E-state index is 0.121. The third-order valence-electron chi connectivity index (χ3n) is 3.75. The highest BCUT2D eigenvalue weighted by molar-refractivity contribution is 7.91. The summed E-state index contributed by atoms with van der Waals surface area (Å²) >= 11 is -1.32. The second kappa shape index (κ2) is 8.15. The summed E-state index contributed by atoms with van der Waals surface area (Å²) in [7, 11) is 0. The molecular weight excluding hydrogens is 378 g/mol. The Hall–Kier alpha value is -3.30. The Bertz CT molecular complexity index is 998. The SMILES string of the molecule is CC(=O)N(C(C)=O)c1nc(N)nc(-c2ccc([S+]([O-])c3ccccc3)cc2)n1. The van der Waals surface area contributed by atoms with Crippen molar-refractivity contribution in [3.05, 3.63) is 54.6 Å². The van der Waals surface area contributed by atoms with E-state index in [-0.39, 0.29) is 17.7 Å². The van der Waals surface area contributed by atoms with Crippen LogP contribution in [0.2, 0.25) is 0 Å². The van der Waals surface area contributed by atoms with E-state index in [4.69, 9.17) is 5.73 Å². The van der Waals surface area contributed by atoms with Crippen molar-refractivity contribution in [2.45, 2.75) is 23.6 Å². The number of carbonyl (C=O) groups is 2. The minimum atomic E-state index is -1.32. The van der Waals surface area contributed by atoms with E-state index in [9.17, 15) is 14.1 Å². The van der Waals surface area contributed by atoms with Crippen molar-refractivity contribution in [1.82, 2.24) is 15.0 Å². The summed E-state index contributed by atoms with van der Waals surface area (Å²) in [5, 5.41) is 0. The number of carbonyl (C=O) groups excluding carboxylic acids is 2. The zero-order valence-corrected chi connectivity index (χ0v) is 16.0. The predicted octanol–water partition coefficient (Wildman–Crippen LogP) is 2.19. The van der Waals surface area contributed by atoms with E-state index in [1.54, 1.807) is 36.4 Å². The number of nitrogen functional groups attached to an aromatic ring is 1. The molecule has 0 bridgehead atoms. The normalized spacial score (nSPS) is 11.7. The molecule has 2 aromatic carbocycles. The quantitative estimate of drug-likeness (QED) is 0.671. The third-order valence-corrected chi connectivity index (χ3v) is 5.16. The summed E-state index contributed by atoms with van der Waals surface area (Å²) in [6.07, 6.45) is 0. The summed E-state index contributed by atoms with van der Waals surface area (Å²) in [4.78, 5) is 37.7. The maximum absolute atomic E-state index is 12.6. The molecule has 8 nitrogen and oxygen atoms in total. The van der Waals surface area contributed by atoms with E-state index in [0.29, 0.717) is 15.4 Å². The number of nitrogens with zero attached hydrogens (tertiary/aromatic N) is 4. The predicted molar refractivity (Wildman–Crippen MR) is 105 cm³/mol. The molecule has 0 spiro atoms. The van der Waals surface area contributed by atoms with Crippen LogP contribution in [0.5, 0.6) is 0 Å². The van der Waals surface area contributed by atoms with Gasteiger partial charge < -0.3 is 10.3 Å². The first-order valence-corrected chi connectivity index (χ1v) is 9.42. The van der Waals surface area contributed by atoms with Crippen LogP contribution in [0, 0.1) is 0 Å². The molecule has 28 heavy (non-hydrogen) atoms. The summed E-state index contributed by atoms with van der Waals surface area (Å²) in [5.41, 5.74) is 6.31. The van der Waals surface area contributed by atoms with Gasteiger partial charge in [0.25, 0.3) is 0 Å². The molecule has 1 aromatic heterocycles. The first kappa shape index (κ1) is 19.5. The van der Waals surface area contributed by atoms with Crippen LogP contribution in [0.15, 0.2) is 64.4 Å². The fraction of sp³-hybridized carbons (Fsp3) is 0.105. The number of anilines is 2. The van der Waals surface area contributed by atoms with Gasteiger partial charge in [0.2, 0.25) is 23.7 Å². The highest BCUT2D eigenvalue weighted by atomic mass is 32.2. The first-order valence-electron chi connectivity index (χ1n) is 8.27. The Labute approximate surface area is 164 Å². The molecule has 3 aromatic rings. The van der Waals surface area contributed by atoms with Crippen LogP contribution in [-0.4, -0.2) is 31.3 Å². The highest BCUT2D eigenvalue weighted by Crippen LogP contribution is 2.24. The van der Waals surface area contributed by atoms with E-state index in [1.165, 1.54) is 13.8 Å². The summed E-state index contributed by atoms with van der Waals surface area (Å²) in [5.74, 6) is -1.12. The molecular formula is C19H17N5O3S. The summed E-state index contributed by atoms with van der Waals surface area (Å²) < 4.78 is 12.6. The van der Waals surface area contributed by atoms with Crippen molar-refractivity contribution in [2.75, 3.05) is 10.6 Å². The second-order valence-electron chi connectivity index (χ2n) is 5.80. The minimum Gasteiger partial charge on any atom is -0.606 e. The summed E-state index contributed by atoms with van der Waals surface area (Å²) in [6.45, 7) is 2.46. The molecule has 2 amide bonds. The third kappa shape index (κ3) is 4.16. The van der Waals surface area contributed by atoms with E-state index in [0.717, 1.165) is 4.90 Å². The van der Waals surface area contributed by atoms with Crippen LogP contribution in [0.25, 0.3) is 11.4 Å². The van der Waals surface area contributed by atoms with Crippen LogP contribution in [0.4, 0.5) is 11.9 Å². The zero-order valence-electron chi connectivity index (χ0n) is 15.2. The second-order valence-corrected chi connectivity index (χ2v) is 7.28. The molecule has 1 atom stereocenters. The van der Waals surface area contributed by atoms with E-state index < -0.39 is 23.0 Å². The van der Waals surface area contributed by atoms with Gasteiger partial charge in [-0.3, -0.25) is 9.59 Å². The molecule has 0 saturated heterocycles. The Morgan fingerprint density at radius 1 is 0.893 bits per heavy atom. The Morgan fingerprint density at radius 2 is 1.46 bits per heavy atom. The molecule has 0 radical (unpaired) electrons. The zero-order chi connectivity index (χ0) is 20.3. The molecule has 3 rings (SSSR count). The van der Waals surface area contributed by atoms with Crippen molar-refractivity contribution in [2.24, 2.45) is 0 Å². The first-order chi connectivity index (χ1) is 13.4. The van der Waals surface area contributed by atoms with Gasteiger partial charge in [-0.05, 0) is 36.4 Å². The smallest absolute Gasteiger partial charge is 0.244 e. The van der Waals surface area contributed by atoms with Crippen LogP contribution < -0.4 is 10.6 Å². The number of hydrogen-bond acceptors (Lipinski definition) is 7. The molecule has 0 saturated carbocycles. The van der Waals surface area contributed by atoms with Gasteiger partial charge in [-0.1, -0.05) is 18.2 Å². The van der Waals surface area contributed by atoms with Gasteiger partial charge in [-0.25, -0.2) is 4.90 Å². The van der Waals surface area contributed by atoms with E-state index in [1.807, 2.05) is 18.2 Å². The molecule has 0 aliphatic carbocycles. The average molecular weight is 395 g/mol. The van der Waals surface area contributed by atoms with Gasteiger partial charge in [-0.15, -0.1) is 0 Å². The van der Waals surface area contributed by atoms with Crippen molar-refractivity contribution in [1.29, 1.82) is 0 Å². The molecule has 2 N–H and O–H groups in total. The Balaban J connectivity index is 1.94. The molecule has 9 heteroatoms. The topological polar surface area (TPSA) is 125 Å². The number of benzene rings is 2. The lowest BCUT2D eigenvalue weighted by atomic mass is 10.2. The molecule has 142 valence electrons. The fourth-order valence-corrected chi connectivity index (χ4v) is 3.58. The molecule has 1 unspecified atom stereocenters. The monoisotopic (exact) mass is 395 g/mol. The summed E-state index contributed by atoms with van der Waals surface area (Å²) in [6, 6.07) is 15.9. The van der Waals surface area contributed by atoms with Crippen molar-refractivity contribution in [3.8, 4) is 11.4 Å². The van der Waals surface area contributed by atoms with E-state index >= 15 is 0 Å². The van der Waals surface area contributed by atoms with Gasteiger partial charge in [0.05, 0.1) is 0 Å². The van der Waals surface area contributed by atoms with Gasteiger partial charge >= 0.3 is 0 Å². The molecule has 0 fully saturated rings. The lowest BCUT2D eigenvalue weighted by Gasteiger charge is -2.15. The number of nitrogens with two attached hydrogens (primary N) is 1. The van der Waals surface area contributed by atoms with Crippen molar-refractivity contribution >= 4 is 34.9 Å². The number of amides is 2. The lowest BCUT2D eigenvalue weighted by Crippen LogP contribution is -2.35. The molecule has 1 heterocycles. The van der Waals surface area contributed by atoms with Crippen molar-refractivity contribution < 1.29 is 14.1 Å². The van der Waals surface area contributed by atoms with Crippen LogP contribution in [0.1, 0.15) is 13.8 Å². The average Bonchev–Trinajstić information content (AvgIpc) is 2.67. The van der Waals surface area contributed by atoms with Crippen molar-refractivity contribution in [3.63, 3.8) is 0 Å². The fourth-order valence-electron chi connectivity index (χ4n) is 2.52. The molecule has 0 aliphatic heterocycles. The number of aromatic nitrogens is 3. The Kier molecular flexibility index (Phi) is 5.67. The van der Waals surface area contributed by atoms with Crippen LogP contribution >= 0.6 is 0 Å². The van der Waals surface area contributed by atoms with E-state index in [2.05, 4.69) is 15.0 Å². The van der Waals surface area contributed by atoms with Gasteiger partial charge in [0, 0.05) is 30.6 Å². The number of rotatable bonds is 4. The van der Waals surface area contributed by atoms with Gasteiger partial charge in [-0.2, -0.15) is 15.0 Å².